The third-order valence-corrected chi connectivity index (χ3v) is 4.09. The van der Waals surface area contributed by atoms with Crippen molar-refractivity contribution in [3.63, 3.8) is 0 Å². The maximum absolute atomic E-state index is 9.81. The lowest BCUT2D eigenvalue weighted by Gasteiger charge is -2.27. The SMILES string of the molecule is COc1ccc(C2CNCc3cc(O)c(O)cc32)cc1OC. The van der Waals surface area contributed by atoms with Gasteiger partial charge in [0.25, 0.3) is 0 Å². The minimum Gasteiger partial charge on any atom is -0.504 e. The molecule has 0 fully saturated rings. The van der Waals surface area contributed by atoms with Crippen LogP contribution in [0.3, 0.4) is 0 Å². The van der Waals surface area contributed by atoms with Gasteiger partial charge in [0, 0.05) is 19.0 Å². The number of benzene rings is 2. The van der Waals surface area contributed by atoms with Crippen molar-refractivity contribution in [1.29, 1.82) is 0 Å². The molecule has 0 spiro atoms. The van der Waals surface area contributed by atoms with E-state index in [0.717, 1.165) is 23.2 Å². The lowest BCUT2D eigenvalue weighted by atomic mass is 9.85. The normalized spacial score (nSPS) is 16.9. The summed E-state index contributed by atoms with van der Waals surface area (Å²) in [7, 11) is 3.22. The quantitative estimate of drug-likeness (QED) is 0.759. The molecule has 116 valence electrons. The molecule has 3 rings (SSSR count). The number of aromatic hydroxyl groups is 2. The number of methoxy groups -OCH3 is 2. The molecule has 1 aliphatic rings. The van der Waals surface area contributed by atoms with Gasteiger partial charge in [0.05, 0.1) is 14.2 Å². The number of hydrogen-bond acceptors (Lipinski definition) is 5. The molecule has 1 atom stereocenters. The summed E-state index contributed by atoms with van der Waals surface area (Å²) in [6.45, 7) is 1.43. The van der Waals surface area contributed by atoms with E-state index in [2.05, 4.69) is 5.32 Å². The molecule has 1 aliphatic heterocycles. The van der Waals surface area contributed by atoms with E-state index in [4.69, 9.17) is 9.47 Å². The third kappa shape index (κ3) is 2.44. The number of phenolic OH excluding ortho intramolecular Hbond substituents is 2. The summed E-state index contributed by atoms with van der Waals surface area (Å²) in [5.41, 5.74) is 3.07. The summed E-state index contributed by atoms with van der Waals surface area (Å²) >= 11 is 0. The van der Waals surface area contributed by atoms with E-state index in [0.29, 0.717) is 18.0 Å². The van der Waals surface area contributed by atoms with E-state index in [1.807, 2.05) is 18.2 Å². The molecule has 0 radical (unpaired) electrons. The molecule has 1 heterocycles. The van der Waals surface area contributed by atoms with Crippen molar-refractivity contribution >= 4 is 0 Å². The molecule has 2 aromatic carbocycles. The van der Waals surface area contributed by atoms with Crippen molar-refractivity contribution in [3.8, 4) is 23.0 Å². The molecule has 0 aromatic heterocycles. The van der Waals surface area contributed by atoms with Crippen LogP contribution >= 0.6 is 0 Å². The monoisotopic (exact) mass is 301 g/mol. The van der Waals surface area contributed by atoms with Gasteiger partial charge in [-0.2, -0.15) is 0 Å². The topological polar surface area (TPSA) is 71.0 Å². The van der Waals surface area contributed by atoms with Crippen LogP contribution in [-0.2, 0) is 6.54 Å². The zero-order valence-corrected chi connectivity index (χ0v) is 12.6. The minimum atomic E-state index is -0.0915. The average molecular weight is 301 g/mol. The molecular formula is C17H19NO4. The average Bonchev–Trinajstić information content (AvgIpc) is 2.54. The molecule has 0 bridgehead atoms. The van der Waals surface area contributed by atoms with Gasteiger partial charge in [0.2, 0.25) is 0 Å². The van der Waals surface area contributed by atoms with E-state index in [-0.39, 0.29) is 17.4 Å². The Bertz CT molecular complexity index is 699. The van der Waals surface area contributed by atoms with E-state index in [1.165, 1.54) is 0 Å². The van der Waals surface area contributed by atoms with Crippen molar-refractivity contribution in [3.05, 3.63) is 47.0 Å². The fourth-order valence-corrected chi connectivity index (χ4v) is 2.94. The lowest BCUT2D eigenvalue weighted by molar-refractivity contribution is 0.354. The Kier molecular flexibility index (Phi) is 3.81. The van der Waals surface area contributed by atoms with Crippen LogP contribution in [-0.4, -0.2) is 31.0 Å². The van der Waals surface area contributed by atoms with E-state index in [9.17, 15) is 10.2 Å². The molecule has 5 nitrogen and oxygen atoms in total. The Morgan fingerprint density at radius 1 is 1.00 bits per heavy atom. The van der Waals surface area contributed by atoms with Gasteiger partial charge < -0.3 is 25.0 Å². The number of rotatable bonds is 3. The maximum atomic E-state index is 9.81. The zero-order chi connectivity index (χ0) is 15.7. The molecule has 3 N–H and O–H groups in total. The number of nitrogens with one attached hydrogen (secondary N) is 1. The first-order valence-corrected chi connectivity index (χ1v) is 7.11. The van der Waals surface area contributed by atoms with Crippen molar-refractivity contribution in [2.45, 2.75) is 12.5 Å². The third-order valence-electron chi connectivity index (χ3n) is 4.09. The molecule has 2 aromatic rings. The number of fused-ring (bicyclic) bond motifs is 1. The molecule has 0 aliphatic carbocycles. The summed E-state index contributed by atoms with van der Waals surface area (Å²) in [6.07, 6.45) is 0. The first-order valence-electron chi connectivity index (χ1n) is 7.11. The molecule has 0 amide bonds. The van der Waals surface area contributed by atoms with Crippen LogP contribution < -0.4 is 14.8 Å². The van der Waals surface area contributed by atoms with Gasteiger partial charge in [-0.15, -0.1) is 0 Å². The van der Waals surface area contributed by atoms with Crippen LogP contribution in [0.15, 0.2) is 30.3 Å². The Labute approximate surface area is 129 Å². The maximum Gasteiger partial charge on any atom is 0.161 e. The van der Waals surface area contributed by atoms with Crippen LogP contribution in [0.1, 0.15) is 22.6 Å². The second-order valence-corrected chi connectivity index (χ2v) is 5.34. The fourth-order valence-electron chi connectivity index (χ4n) is 2.94. The zero-order valence-electron chi connectivity index (χ0n) is 12.6. The first-order chi connectivity index (χ1) is 10.6. The number of phenols is 2. The minimum absolute atomic E-state index is 0.0788. The molecule has 0 saturated heterocycles. The summed E-state index contributed by atoms with van der Waals surface area (Å²) in [5.74, 6) is 1.26. The molecular weight excluding hydrogens is 282 g/mol. The largest absolute Gasteiger partial charge is 0.504 e. The van der Waals surface area contributed by atoms with E-state index >= 15 is 0 Å². The standard InChI is InChI=1S/C17H19NO4/c1-21-16-4-3-10(6-17(16)22-2)13-9-18-8-11-5-14(19)15(20)7-12(11)13/h3-7,13,18-20H,8-9H2,1-2H3. The van der Waals surface area contributed by atoms with Crippen molar-refractivity contribution in [2.24, 2.45) is 0 Å². The fraction of sp³-hybridized carbons (Fsp3) is 0.294. The Morgan fingerprint density at radius 3 is 2.45 bits per heavy atom. The molecule has 1 unspecified atom stereocenters. The Balaban J connectivity index is 2.06. The predicted molar refractivity (Wildman–Crippen MR) is 82.9 cm³/mol. The molecule has 22 heavy (non-hydrogen) atoms. The highest BCUT2D eigenvalue weighted by Gasteiger charge is 2.24. The van der Waals surface area contributed by atoms with Gasteiger partial charge in [-0.05, 0) is 41.0 Å². The van der Waals surface area contributed by atoms with Crippen LogP contribution in [0.5, 0.6) is 23.0 Å². The highest BCUT2D eigenvalue weighted by Crippen LogP contribution is 2.39. The summed E-state index contributed by atoms with van der Waals surface area (Å²) < 4.78 is 10.6. The highest BCUT2D eigenvalue weighted by molar-refractivity contribution is 5.52. The van der Waals surface area contributed by atoms with Crippen molar-refractivity contribution in [2.75, 3.05) is 20.8 Å². The predicted octanol–water partition coefficient (Wildman–Crippen LogP) is 2.35. The Hall–Kier alpha value is -2.40. The molecule has 5 heteroatoms. The second-order valence-electron chi connectivity index (χ2n) is 5.34. The van der Waals surface area contributed by atoms with Crippen molar-refractivity contribution < 1.29 is 19.7 Å². The van der Waals surface area contributed by atoms with Gasteiger partial charge in [-0.3, -0.25) is 0 Å². The van der Waals surface area contributed by atoms with Gasteiger partial charge >= 0.3 is 0 Å². The van der Waals surface area contributed by atoms with Gasteiger partial charge in [-0.25, -0.2) is 0 Å². The number of hydrogen-bond donors (Lipinski definition) is 3. The van der Waals surface area contributed by atoms with Crippen LogP contribution in [0, 0.1) is 0 Å². The summed E-state index contributed by atoms with van der Waals surface area (Å²) in [6, 6.07) is 9.08. The van der Waals surface area contributed by atoms with Gasteiger partial charge in [-0.1, -0.05) is 6.07 Å². The number of ether oxygens (including phenoxy) is 2. The van der Waals surface area contributed by atoms with E-state index in [1.54, 1.807) is 26.4 Å². The molecule has 0 saturated carbocycles. The van der Waals surface area contributed by atoms with Crippen LogP contribution in [0.4, 0.5) is 0 Å². The summed E-state index contributed by atoms with van der Waals surface area (Å²) in [4.78, 5) is 0. The lowest BCUT2D eigenvalue weighted by Crippen LogP contribution is -2.28. The van der Waals surface area contributed by atoms with Gasteiger partial charge in [0.15, 0.2) is 23.0 Å². The highest BCUT2D eigenvalue weighted by atomic mass is 16.5. The van der Waals surface area contributed by atoms with Crippen LogP contribution in [0.25, 0.3) is 0 Å². The van der Waals surface area contributed by atoms with Crippen molar-refractivity contribution in [1.82, 2.24) is 5.32 Å². The Morgan fingerprint density at radius 2 is 1.73 bits per heavy atom. The summed E-state index contributed by atoms with van der Waals surface area (Å²) in [5, 5.41) is 22.8. The van der Waals surface area contributed by atoms with E-state index < -0.39 is 0 Å². The van der Waals surface area contributed by atoms with Crippen LogP contribution in [0.2, 0.25) is 0 Å². The second kappa shape index (κ2) is 5.77. The smallest absolute Gasteiger partial charge is 0.161 e. The first kappa shape index (κ1) is 14.5. The van der Waals surface area contributed by atoms with Gasteiger partial charge in [0.1, 0.15) is 0 Å².